The molecule has 1 aliphatic heterocycles. The molecule has 0 radical (unpaired) electrons. The third-order valence-electron chi connectivity index (χ3n) is 3.03. The van der Waals surface area contributed by atoms with Crippen LogP contribution in [0.4, 0.5) is 0 Å². The SMILES string of the molecule is CN=C(NCc1cc(C)no1)N1C[C@@H](C)O[C@@H](C)C1. The Balaban J connectivity index is 1.93. The van der Waals surface area contributed by atoms with Gasteiger partial charge in [0, 0.05) is 26.2 Å². The van der Waals surface area contributed by atoms with Crippen LogP contribution in [0.1, 0.15) is 25.3 Å². The molecular weight excluding hydrogens is 244 g/mol. The molecule has 19 heavy (non-hydrogen) atoms. The molecule has 0 spiro atoms. The van der Waals surface area contributed by atoms with E-state index in [1.807, 2.05) is 13.0 Å². The molecule has 6 heteroatoms. The third-order valence-corrected chi connectivity index (χ3v) is 3.03. The first-order chi connectivity index (χ1) is 9.08. The summed E-state index contributed by atoms with van der Waals surface area (Å²) < 4.78 is 10.9. The molecule has 2 rings (SSSR count). The van der Waals surface area contributed by atoms with Crippen LogP contribution in [0.5, 0.6) is 0 Å². The number of morpholine rings is 1. The number of guanidine groups is 1. The van der Waals surface area contributed by atoms with E-state index in [0.29, 0.717) is 6.54 Å². The van der Waals surface area contributed by atoms with Crippen LogP contribution in [0.25, 0.3) is 0 Å². The molecule has 1 aliphatic rings. The lowest BCUT2D eigenvalue weighted by molar-refractivity contribution is -0.0489. The van der Waals surface area contributed by atoms with Gasteiger partial charge in [0.15, 0.2) is 11.7 Å². The average molecular weight is 266 g/mol. The van der Waals surface area contributed by atoms with Crippen molar-refractivity contribution < 1.29 is 9.26 Å². The van der Waals surface area contributed by atoms with Gasteiger partial charge in [-0.1, -0.05) is 5.16 Å². The van der Waals surface area contributed by atoms with Crippen LogP contribution in [-0.2, 0) is 11.3 Å². The summed E-state index contributed by atoms with van der Waals surface area (Å²) in [5, 5.41) is 7.17. The summed E-state index contributed by atoms with van der Waals surface area (Å²) in [5.74, 6) is 1.68. The zero-order valence-corrected chi connectivity index (χ0v) is 12.0. The minimum absolute atomic E-state index is 0.217. The maximum Gasteiger partial charge on any atom is 0.194 e. The van der Waals surface area contributed by atoms with Crippen molar-refractivity contribution in [2.75, 3.05) is 20.1 Å². The van der Waals surface area contributed by atoms with Crippen LogP contribution in [0.3, 0.4) is 0 Å². The number of aromatic nitrogens is 1. The van der Waals surface area contributed by atoms with Gasteiger partial charge < -0.3 is 19.5 Å². The number of aliphatic imine (C=N–C) groups is 1. The molecule has 1 saturated heterocycles. The van der Waals surface area contributed by atoms with Gasteiger partial charge in [0.25, 0.3) is 0 Å². The highest BCUT2D eigenvalue weighted by molar-refractivity contribution is 5.80. The molecule has 2 atom stereocenters. The van der Waals surface area contributed by atoms with Crippen molar-refractivity contribution in [2.24, 2.45) is 4.99 Å². The highest BCUT2D eigenvalue weighted by atomic mass is 16.5. The zero-order valence-electron chi connectivity index (χ0n) is 12.0. The fourth-order valence-corrected chi connectivity index (χ4v) is 2.35. The van der Waals surface area contributed by atoms with Crippen molar-refractivity contribution in [1.29, 1.82) is 0 Å². The smallest absolute Gasteiger partial charge is 0.194 e. The van der Waals surface area contributed by atoms with Crippen molar-refractivity contribution in [2.45, 2.75) is 39.5 Å². The fraction of sp³-hybridized carbons (Fsp3) is 0.692. The second-order valence-electron chi connectivity index (χ2n) is 5.00. The molecular formula is C13H22N4O2. The number of nitrogens with zero attached hydrogens (tertiary/aromatic N) is 3. The molecule has 0 bridgehead atoms. The van der Waals surface area contributed by atoms with E-state index in [-0.39, 0.29) is 12.2 Å². The van der Waals surface area contributed by atoms with E-state index >= 15 is 0 Å². The zero-order chi connectivity index (χ0) is 13.8. The lowest BCUT2D eigenvalue weighted by Gasteiger charge is -2.37. The standard InChI is InChI=1S/C13H22N4O2/c1-9-5-12(19-16-9)6-15-13(14-4)17-7-10(2)18-11(3)8-17/h5,10-11H,6-8H2,1-4H3,(H,14,15)/t10-,11+. The molecule has 0 unspecified atom stereocenters. The summed E-state index contributed by atoms with van der Waals surface area (Å²) in [6, 6.07) is 1.92. The van der Waals surface area contributed by atoms with E-state index in [0.717, 1.165) is 30.5 Å². The molecule has 0 aliphatic carbocycles. The monoisotopic (exact) mass is 266 g/mol. The van der Waals surface area contributed by atoms with Gasteiger partial charge >= 0.3 is 0 Å². The normalized spacial score (nSPS) is 24.6. The summed E-state index contributed by atoms with van der Waals surface area (Å²) in [4.78, 5) is 6.53. The van der Waals surface area contributed by atoms with Gasteiger partial charge in [-0.2, -0.15) is 0 Å². The number of hydrogen-bond donors (Lipinski definition) is 1. The first-order valence-electron chi connectivity index (χ1n) is 6.61. The first kappa shape index (κ1) is 13.9. The quantitative estimate of drug-likeness (QED) is 0.643. The lowest BCUT2D eigenvalue weighted by Crippen LogP contribution is -2.52. The Morgan fingerprint density at radius 1 is 1.47 bits per heavy atom. The maximum atomic E-state index is 5.72. The van der Waals surface area contributed by atoms with E-state index in [1.54, 1.807) is 7.05 Å². The molecule has 0 aromatic carbocycles. The molecule has 1 aromatic heterocycles. The Hall–Kier alpha value is -1.56. The summed E-state index contributed by atoms with van der Waals surface area (Å²) >= 11 is 0. The third kappa shape index (κ3) is 3.70. The average Bonchev–Trinajstić information content (AvgIpc) is 2.75. The van der Waals surface area contributed by atoms with Crippen molar-refractivity contribution in [3.8, 4) is 0 Å². The maximum absolute atomic E-state index is 5.72. The molecule has 1 fully saturated rings. The molecule has 2 heterocycles. The Labute approximate surface area is 113 Å². The van der Waals surface area contributed by atoms with E-state index < -0.39 is 0 Å². The first-order valence-corrected chi connectivity index (χ1v) is 6.61. The second kappa shape index (κ2) is 6.06. The molecule has 1 N–H and O–H groups in total. The van der Waals surface area contributed by atoms with Crippen LogP contribution in [0.2, 0.25) is 0 Å². The largest absolute Gasteiger partial charge is 0.372 e. The predicted octanol–water partition coefficient (Wildman–Crippen LogP) is 1.17. The Bertz CT molecular complexity index is 434. The van der Waals surface area contributed by atoms with Gasteiger partial charge in [0.05, 0.1) is 24.4 Å². The number of nitrogens with one attached hydrogen (secondary N) is 1. The predicted molar refractivity (Wildman–Crippen MR) is 73.0 cm³/mol. The highest BCUT2D eigenvalue weighted by Gasteiger charge is 2.24. The number of aryl methyl sites for hydroxylation is 1. The molecule has 6 nitrogen and oxygen atoms in total. The molecule has 1 aromatic rings. The van der Waals surface area contributed by atoms with Crippen molar-refractivity contribution in [3.05, 3.63) is 17.5 Å². The van der Waals surface area contributed by atoms with Crippen LogP contribution >= 0.6 is 0 Å². The van der Waals surface area contributed by atoms with Gasteiger partial charge in [-0.15, -0.1) is 0 Å². The summed E-state index contributed by atoms with van der Waals surface area (Å²) in [6.07, 6.45) is 0.435. The Morgan fingerprint density at radius 2 is 2.16 bits per heavy atom. The molecule has 0 saturated carbocycles. The topological polar surface area (TPSA) is 62.9 Å². The van der Waals surface area contributed by atoms with Gasteiger partial charge in [-0.05, 0) is 20.8 Å². The lowest BCUT2D eigenvalue weighted by atomic mass is 10.2. The van der Waals surface area contributed by atoms with Crippen LogP contribution in [0, 0.1) is 6.92 Å². The van der Waals surface area contributed by atoms with Gasteiger partial charge in [-0.25, -0.2) is 0 Å². The van der Waals surface area contributed by atoms with E-state index in [2.05, 4.69) is 34.2 Å². The van der Waals surface area contributed by atoms with Gasteiger partial charge in [0.1, 0.15) is 0 Å². The fourth-order valence-electron chi connectivity index (χ4n) is 2.35. The van der Waals surface area contributed by atoms with Gasteiger partial charge in [0.2, 0.25) is 0 Å². The summed E-state index contributed by atoms with van der Waals surface area (Å²) in [7, 11) is 1.79. The second-order valence-corrected chi connectivity index (χ2v) is 5.00. The van der Waals surface area contributed by atoms with E-state index in [4.69, 9.17) is 9.26 Å². The highest BCUT2D eigenvalue weighted by Crippen LogP contribution is 2.11. The number of rotatable bonds is 2. The Morgan fingerprint density at radius 3 is 2.68 bits per heavy atom. The molecule has 0 amide bonds. The summed E-state index contributed by atoms with van der Waals surface area (Å²) in [5.41, 5.74) is 0.889. The van der Waals surface area contributed by atoms with E-state index in [9.17, 15) is 0 Å². The van der Waals surface area contributed by atoms with Gasteiger partial charge in [-0.3, -0.25) is 4.99 Å². The van der Waals surface area contributed by atoms with Crippen molar-refractivity contribution in [3.63, 3.8) is 0 Å². The number of hydrogen-bond acceptors (Lipinski definition) is 4. The summed E-state index contributed by atoms with van der Waals surface area (Å²) in [6.45, 7) is 8.35. The molecule has 106 valence electrons. The van der Waals surface area contributed by atoms with E-state index in [1.165, 1.54) is 0 Å². The van der Waals surface area contributed by atoms with Crippen molar-refractivity contribution >= 4 is 5.96 Å². The minimum atomic E-state index is 0.217. The Kier molecular flexibility index (Phi) is 4.42. The number of ether oxygens (including phenoxy) is 1. The minimum Gasteiger partial charge on any atom is -0.372 e. The van der Waals surface area contributed by atoms with Crippen LogP contribution in [0.15, 0.2) is 15.6 Å². The van der Waals surface area contributed by atoms with Crippen molar-refractivity contribution in [1.82, 2.24) is 15.4 Å². The van der Waals surface area contributed by atoms with Crippen LogP contribution in [-0.4, -0.2) is 48.4 Å². The van der Waals surface area contributed by atoms with Crippen LogP contribution < -0.4 is 5.32 Å².